The van der Waals surface area contributed by atoms with Gasteiger partial charge >= 0.3 is 0 Å². The summed E-state index contributed by atoms with van der Waals surface area (Å²) in [6.07, 6.45) is 7.75. The Kier molecular flexibility index (Phi) is 5.95. The minimum atomic E-state index is 0.807. The molecule has 0 aromatic carbocycles. The zero-order valence-corrected chi connectivity index (χ0v) is 10.7. The van der Waals surface area contributed by atoms with Gasteiger partial charge in [0.1, 0.15) is 0 Å². The van der Waals surface area contributed by atoms with Gasteiger partial charge in [-0.1, -0.05) is 13.8 Å². The third-order valence-corrected chi connectivity index (χ3v) is 4.22. The highest BCUT2D eigenvalue weighted by atomic mass is 32.2. The van der Waals surface area contributed by atoms with Crippen LogP contribution in [0.3, 0.4) is 0 Å². The van der Waals surface area contributed by atoms with Crippen LogP contribution in [0.5, 0.6) is 0 Å². The van der Waals surface area contributed by atoms with E-state index in [2.05, 4.69) is 25.4 Å². The molecule has 1 nitrogen and oxygen atoms in total. The first kappa shape index (κ1) is 12.4. The number of nitrogens with one attached hydrogen (secondary N) is 1. The fraction of sp³-hybridized carbons (Fsp3) is 1.00. The number of thioether (sulfide) groups is 1. The van der Waals surface area contributed by atoms with E-state index < -0.39 is 0 Å². The van der Waals surface area contributed by atoms with Crippen LogP contribution >= 0.6 is 11.8 Å². The van der Waals surface area contributed by atoms with Gasteiger partial charge in [0, 0.05) is 6.04 Å². The highest BCUT2D eigenvalue weighted by Gasteiger charge is 2.31. The molecule has 1 rings (SSSR count). The van der Waals surface area contributed by atoms with E-state index in [-0.39, 0.29) is 0 Å². The van der Waals surface area contributed by atoms with Gasteiger partial charge in [0.15, 0.2) is 0 Å². The van der Waals surface area contributed by atoms with E-state index in [9.17, 15) is 0 Å². The van der Waals surface area contributed by atoms with Crippen molar-refractivity contribution in [2.45, 2.75) is 45.6 Å². The van der Waals surface area contributed by atoms with Crippen molar-refractivity contribution in [1.29, 1.82) is 0 Å². The van der Waals surface area contributed by atoms with Crippen molar-refractivity contribution in [3.8, 4) is 0 Å². The van der Waals surface area contributed by atoms with Gasteiger partial charge in [0.05, 0.1) is 0 Å². The molecule has 1 saturated carbocycles. The predicted molar refractivity (Wildman–Crippen MR) is 67.0 cm³/mol. The SMILES string of the molecule is CCCNC1CCC(CCSC)C1C. The summed E-state index contributed by atoms with van der Waals surface area (Å²) in [5.41, 5.74) is 0. The zero-order valence-electron chi connectivity index (χ0n) is 9.88. The van der Waals surface area contributed by atoms with Crippen LogP contribution in [0, 0.1) is 11.8 Å². The first-order valence-corrected chi connectivity index (χ1v) is 7.41. The monoisotopic (exact) mass is 215 g/mol. The molecular formula is C12H25NS. The lowest BCUT2D eigenvalue weighted by atomic mass is 9.93. The first-order valence-electron chi connectivity index (χ1n) is 6.02. The molecule has 3 atom stereocenters. The summed E-state index contributed by atoms with van der Waals surface area (Å²) in [6, 6.07) is 0.807. The Labute approximate surface area is 93.4 Å². The summed E-state index contributed by atoms with van der Waals surface area (Å²) in [5, 5.41) is 3.68. The lowest BCUT2D eigenvalue weighted by Crippen LogP contribution is -2.33. The lowest BCUT2D eigenvalue weighted by Gasteiger charge is -2.21. The minimum absolute atomic E-state index is 0.807. The van der Waals surface area contributed by atoms with Crippen LogP contribution in [0.4, 0.5) is 0 Å². The van der Waals surface area contributed by atoms with E-state index in [1.165, 1.54) is 38.0 Å². The van der Waals surface area contributed by atoms with E-state index in [1.807, 2.05) is 11.8 Å². The molecule has 0 radical (unpaired) electrons. The summed E-state index contributed by atoms with van der Waals surface area (Å²) >= 11 is 1.99. The largest absolute Gasteiger partial charge is 0.314 e. The molecule has 14 heavy (non-hydrogen) atoms. The molecule has 84 valence electrons. The van der Waals surface area contributed by atoms with Crippen LogP contribution in [-0.4, -0.2) is 24.6 Å². The Morgan fingerprint density at radius 1 is 1.36 bits per heavy atom. The Balaban J connectivity index is 2.24. The summed E-state index contributed by atoms with van der Waals surface area (Å²) in [7, 11) is 0. The van der Waals surface area contributed by atoms with E-state index in [1.54, 1.807) is 0 Å². The van der Waals surface area contributed by atoms with Crippen molar-refractivity contribution in [2.75, 3.05) is 18.6 Å². The quantitative estimate of drug-likeness (QED) is 0.730. The molecule has 1 aliphatic carbocycles. The molecule has 1 fully saturated rings. The molecule has 0 spiro atoms. The lowest BCUT2D eigenvalue weighted by molar-refractivity contribution is 0.347. The number of hydrogen-bond donors (Lipinski definition) is 1. The Morgan fingerprint density at radius 2 is 2.14 bits per heavy atom. The van der Waals surface area contributed by atoms with Gasteiger partial charge in [-0.25, -0.2) is 0 Å². The topological polar surface area (TPSA) is 12.0 Å². The average molecular weight is 215 g/mol. The molecule has 1 aliphatic rings. The van der Waals surface area contributed by atoms with Crippen LogP contribution in [-0.2, 0) is 0 Å². The van der Waals surface area contributed by atoms with Gasteiger partial charge < -0.3 is 5.32 Å². The maximum absolute atomic E-state index is 3.68. The molecule has 2 heteroatoms. The van der Waals surface area contributed by atoms with Crippen molar-refractivity contribution >= 4 is 11.8 Å². The first-order chi connectivity index (χ1) is 6.79. The van der Waals surface area contributed by atoms with Gasteiger partial charge in [0.2, 0.25) is 0 Å². The van der Waals surface area contributed by atoms with Crippen LogP contribution < -0.4 is 5.32 Å². The third kappa shape index (κ3) is 3.47. The molecule has 0 aromatic rings. The summed E-state index contributed by atoms with van der Waals surface area (Å²) in [6.45, 7) is 5.88. The van der Waals surface area contributed by atoms with E-state index >= 15 is 0 Å². The second-order valence-corrected chi connectivity index (χ2v) is 5.52. The van der Waals surface area contributed by atoms with Crippen LogP contribution in [0.25, 0.3) is 0 Å². The van der Waals surface area contributed by atoms with E-state index in [0.717, 1.165) is 17.9 Å². The molecule has 0 aromatic heterocycles. The number of hydrogen-bond acceptors (Lipinski definition) is 2. The smallest absolute Gasteiger partial charge is 0.00954 e. The van der Waals surface area contributed by atoms with Crippen LogP contribution in [0.15, 0.2) is 0 Å². The van der Waals surface area contributed by atoms with Gasteiger partial charge in [-0.3, -0.25) is 0 Å². The maximum atomic E-state index is 3.68. The highest BCUT2D eigenvalue weighted by Crippen LogP contribution is 2.34. The standard InChI is InChI=1S/C12H25NS/c1-4-8-13-12-6-5-11(10(12)2)7-9-14-3/h10-13H,4-9H2,1-3H3. The maximum Gasteiger partial charge on any atom is 0.00954 e. The Bertz CT molecular complexity index is 133. The van der Waals surface area contributed by atoms with E-state index in [4.69, 9.17) is 0 Å². The molecule has 0 heterocycles. The predicted octanol–water partition coefficient (Wildman–Crippen LogP) is 3.15. The second-order valence-electron chi connectivity index (χ2n) is 4.54. The normalized spacial score (nSPS) is 32.4. The van der Waals surface area contributed by atoms with Crippen molar-refractivity contribution in [2.24, 2.45) is 11.8 Å². The fourth-order valence-electron chi connectivity index (χ4n) is 2.54. The molecule has 1 N–H and O–H groups in total. The van der Waals surface area contributed by atoms with E-state index in [0.29, 0.717) is 0 Å². The summed E-state index contributed by atoms with van der Waals surface area (Å²) in [5.74, 6) is 3.22. The van der Waals surface area contributed by atoms with Gasteiger partial charge in [-0.05, 0) is 56.1 Å². The van der Waals surface area contributed by atoms with Crippen molar-refractivity contribution in [3.63, 3.8) is 0 Å². The molecule has 0 aliphatic heterocycles. The van der Waals surface area contributed by atoms with Crippen molar-refractivity contribution < 1.29 is 0 Å². The van der Waals surface area contributed by atoms with Gasteiger partial charge in [0.25, 0.3) is 0 Å². The molecule has 0 bridgehead atoms. The van der Waals surface area contributed by atoms with Crippen molar-refractivity contribution in [1.82, 2.24) is 5.32 Å². The van der Waals surface area contributed by atoms with Crippen LogP contribution in [0.2, 0.25) is 0 Å². The Hall–Kier alpha value is 0.310. The van der Waals surface area contributed by atoms with Gasteiger partial charge in [-0.15, -0.1) is 0 Å². The highest BCUT2D eigenvalue weighted by molar-refractivity contribution is 7.98. The molecule has 0 amide bonds. The Morgan fingerprint density at radius 3 is 2.79 bits per heavy atom. The minimum Gasteiger partial charge on any atom is -0.314 e. The number of rotatable bonds is 6. The molecule has 0 saturated heterocycles. The second kappa shape index (κ2) is 6.73. The van der Waals surface area contributed by atoms with Crippen molar-refractivity contribution in [3.05, 3.63) is 0 Å². The molecule has 3 unspecified atom stereocenters. The molecular weight excluding hydrogens is 190 g/mol. The zero-order chi connectivity index (χ0) is 10.4. The van der Waals surface area contributed by atoms with Crippen LogP contribution in [0.1, 0.15) is 39.5 Å². The third-order valence-electron chi connectivity index (χ3n) is 3.58. The van der Waals surface area contributed by atoms with Gasteiger partial charge in [-0.2, -0.15) is 11.8 Å². The average Bonchev–Trinajstić information content (AvgIpc) is 2.54. The summed E-state index contributed by atoms with van der Waals surface area (Å²) in [4.78, 5) is 0. The fourth-order valence-corrected chi connectivity index (χ4v) is 3.08. The summed E-state index contributed by atoms with van der Waals surface area (Å²) < 4.78 is 0.